The van der Waals surface area contributed by atoms with Crippen molar-refractivity contribution in [2.75, 3.05) is 5.32 Å². The summed E-state index contributed by atoms with van der Waals surface area (Å²) in [5, 5.41) is 16.4. The second-order valence-electron chi connectivity index (χ2n) is 10.6. The largest absolute Gasteiger partial charge is 0.478 e. The highest BCUT2D eigenvalue weighted by molar-refractivity contribution is 9.10. The van der Waals surface area contributed by atoms with Crippen LogP contribution < -0.4 is 15.4 Å². The number of aryl methyl sites for hydroxylation is 1. The molecule has 3 atom stereocenters. The average Bonchev–Trinajstić information content (AvgIpc) is 3.21. The Labute approximate surface area is 250 Å². The average molecular weight is 644 g/mol. The number of hydrogen-bond acceptors (Lipinski definition) is 4. The number of hydrogen-bond donors (Lipinski definition) is 3. The van der Waals surface area contributed by atoms with E-state index in [0.29, 0.717) is 33.0 Å². The van der Waals surface area contributed by atoms with Crippen LogP contribution in [-0.2, 0) is 19.8 Å². The van der Waals surface area contributed by atoms with E-state index in [0.717, 1.165) is 4.47 Å². The van der Waals surface area contributed by atoms with E-state index in [1.807, 2.05) is 12.1 Å². The van der Waals surface area contributed by atoms with Crippen molar-refractivity contribution in [1.82, 2.24) is 5.32 Å². The Balaban J connectivity index is 1.82. The van der Waals surface area contributed by atoms with Gasteiger partial charge in [-0.3, -0.25) is 9.59 Å². The van der Waals surface area contributed by atoms with Gasteiger partial charge < -0.3 is 20.5 Å². The van der Waals surface area contributed by atoms with Crippen molar-refractivity contribution in [2.45, 2.75) is 63.0 Å². The minimum absolute atomic E-state index is 0.122. The summed E-state index contributed by atoms with van der Waals surface area (Å²) in [4.78, 5) is 40.2. The van der Waals surface area contributed by atoms with Crippen molar-refractivity contribution in [2.24, 2.45) is 0 Å². The summed E-state index contributed by atoms with van der Waals surface area (Å²) in [7, 11) is 0. The van der Waals surface area contributed by atoms with Crippen LogP contribution in [-0.4, -0.2) is 28.5 Å². The maximum atomic E-state index is 14.7. The van der Waals surface area contributed by atoms with Crippen LogP contribution in [0.15, 0.2) is 59.1 Å². The fourth-order valence-corrected chi connectivity index (χ4v) is 6.82. The lowest BCUT2D eigenvalue weighted by atomic mass is 9.59. The Bertz CT molecular complexity index is 1580. The van der Waals surface area contributed by atoms with E-state index in [-0.39, 0.29) is 36.8 Å². The molecule has 3 aromatic rings. The molecule has 0 bridgehead atoms. The molecule has 0 radical (unpaired) electrons. The fraction of sp³-hybridized carbons (Fsp3) is 0.323. The van der Waals surface area contributed by atoms with Crippen LogP contribution in [0.4, 0.5) is 10.1 Å². The first-order chi connectivity index (χ1) is 19.5. The molecule has 3 aromatic carbocycles. The zero-order valence-electron chi connectivity index (χ0n) is 22.7. The Morgan fingerprint density at radius 2 is 1.85 bits per heavy atom. The minimum atomic E-state index is -1.54. The quantitative estimate of drug-likeness (QED) is 0.263. The third kappa shape index (κ3) is 4.69. The molecule has 2 heterocycles. The van der Waals surface area contributed by atoms with Crippen LogP contribution in [0.5, 0.6) is 5.75 Å². The topological polar surface area (TPSA) is 105 Å². The van der Waals surface area contributed by atoms with Crippen molar-refractivity contribution in [3.63, 3.8) is 0 Å². The summed E-state index contributed by atoms with van der Waals surface area (Å²) in [6, 6.07) is 13.5. The molecular formula is C31H29BrClFN2O5. The Hall–Kier alpha value is -3.43. The number of nitrogens with one attached hydrogen (secondary N) is 2. The lowest BCUT2D eigenvalue weighted by Gasteiger charge is -2.47. The number of rotatable bonds is 7. The summed E-state index contributed by atoms with van der Waals surface area (Å²) in [6.07, 6.45) is 0.238. The summed E-state index contributed by atoms with van der Waals surface area (Å²) < 4.78 is 21.7. The summed E-state index contributed by atoms with van der Waals surface area (Å²) in [5.74, 6) is -3.00. The highest BCUT2D eigenvalue weighted by Crippen LogP contribution is 2.59. The van der Waals surface area contributed by atoms with E-state index in [1.165, 1.54) is 12.1 Å². The number of carboxylic acids is 1. The van der Waals surface area contributed by atoms with Gasteiger partial charge in [-0.05, 0) is 78.9 Å². The molecule has 2 aliphatic rings. The number of carbonyl (C=O) groups is 3. The SMILES string of the molecule is CCC(CC)(Oc1ccc(Cl)cc1C1CC(=O)NC(c2cc(F)ccc2C)C12C(=O)Nc1cc(Br)ccc12)C(=O)O. The van der Waals surface area contributed by atoms with Crippen LogP contribution in [0.2, 0.25) is 5.02 Å². The number of ether oxygens (including phenoxy) is 1. The fourth-order valence-electron chi connectivity index (χ4n) is 6.28. The van der Waals surface area contributed by atoms with E-state index in [4.69, 9.17) is 16.3 Å². The number of halogens is 3. The predicted octanol–water partition coefficient (Wildman–Crippen LogP) is 6.81. The second kappa shape index (κ2) is 10.8. The molecule has 1 saturated heterocycles. The van der Waals surface area contributed by atoms with Gasteiger partial charge >= 0.3 is 5.97 Å². The molecule has 0 saturated carbocycles. The van der Waals surface area contributed by atoms with Crippen molar-refractivity contribution in [3.8, 4) is 5.75 Å². The van der Waals surface area contributed by atoms with Gasteiger partial charge in [0.2, 0.25) is 17.4 Å². The Morgan fingerprint density at radius 1 is 1.12 bits per heavy atom. The van der Waals surface area contributed by atoms with E-state index >= 15 is 0 Å². The van der Waals surface area contributed by atoms with Crippen molar-refractivity contribution in [3.05, 3.63) is 92.2 Å². The number of piperidine rings is 1. The highest BCUT2D eigenvalue weighted by Gasteiger charge is 2.62. The number of aliphatic carboxylic acids is 1. The van der Waals surface area contributed by atoms with Gasteiger partial charge in [-0.25, -0.2) is 9.18 Å². The van der Waals surface area contributed by atoms with Crippen LogP contribution in [0.25, 0.3) is 0 Å². The summed E-state index contributed by atoms with van der Waals surface area (Å²) >= 11 is 9.97. The minimum Gasteiger partial charge on any atom is -0.478 e. The summed E-state index contributed by atoms with van der Waals surface area (Å²) in [5.41, 5.74) is -0.242. The standard InChI is InChI=1S/C31H29BrClFN2O5/c1-4-30(5-2,29(39)40)41-25-11-8-18(33)13-21(25)23-15-26(37)36-27(20-14-19(34)9-6-16(20)3)31(23)22-10-7-17(32)12-24(22)35-28(31)38/h6-14,23,27H,4-5,15H2,1-3H3,(H,35,38)(H,36,37)(H,39,40). The van der Waals surface area contributed by atoms with E-state index in [9.17, 15) is 23.9 Å². The Morgan fingerprint density at radius 3 is 2.54 bits per heavy atom. The molecule has 214 valence electrons. The number of anilines is 1. The van der Waals surface area contributed by atoms with Crippen LogP contribution in [0.1, 0.15) is 67.3 Å². The molecule has 0 aliphatic carbocycles. The number of benzene rings is 3. The third-order valence-corrected chi connectivity index (χ3v) is 9.22. The molecule has 2 aliphatic heterocycles. The normalized spacial score (nSPS) is 21.8. The van der Waals surface area contributed by atoms with Crippen LogP contribution >= 0.6 is 27.5 Å². The third-order valence-electron chi connectivity index (χ3n) is 8.49. The first-order valence-electron chi connectivity index (χ1n) is 13.4. The zero-order valence-corrected chi connectivity index (χ0v) is 25.0. The lowest BCUT2D eigenvalue weighted by molar-refractivity contribution is -0.156. The van der Waals surface area contributed by atoms with Gasteiger partial charge in [0.25, 0.3) is 0 Å². The monoisotopic (exact) mass is 642 g/mol. The van der Waals surface area contributed by atoms with Gasteiger partial charge in [0.15, 0.2) is 0 Å². The lowest BCUT2D eigenvalue weighted by Crippen LogP contribution is -2.57. The van der Waals surface area contributed by atoms with E-state index in [2.05, 4.69) is 26.6 Å². The maximum absolute atomic E-state index is 14.7. The smallest absolute Gasteiger partial charge is 0.348 e. The number of carboxylic acid groups (broad SMARTS) is 1. The van der Waals surface area contributed by atoms with Crippen molar-refractivity contribution in [1.29, 1.82) is 0 Å². The molecule has 1 spiro atoms. The molecule has 5 rings (SSSR count). The van der Waals surface area contributed by atoms with Gasteiger partial charge in [-0.15, -0.1) is 0 Å². The second-order valence-corrected chi connectivity index (χ2v) is 11.9. The van der Waals surface area contributed by atoms with E-state index in [1.54, 1.807) is 51.1 Å². The molecule has 41 heavy (non-hydrogen) atoms. The molecule has 3 N–H and O–H groups in total. The number of carbonyl (C=O) groups excluding carboxylic acids is 2. The van der Waals surface area contributed by atoms with Crippen LogP contribution in [0, 0.1) is 12.7 Å². The first-order valence-corrected chi connectivity index (χ1v) is 14.5. The molecule has 1 fully saturated rings. The first kappa shape index (κ1) is 29.1. The Kier molecular flexibility index (Phi) is 7.63. The molecule has 10 heteroatoms. The van der Waals surface area contributed by atoms with Crippen molar-refractivity contribution >= 4 is 51.0 Å². The number of fused-ring (bicyclic) bond motifs is 2. The molecule has 2 amide bonds. The summed E-state index contributed by atoms with van der Waals surface area (Å²) in [6.45, 7) is 5.25. The number of amides is 2. The molecular weight excluding hydrogens is 615 g/mol. The van der Waals surface area contributed by atoms with Crippen LogP contribution in [0.3, 0.4) is 0 Å². The maximum Gasteiger partial charge on any atom is 0.348 e. The molecule has 0 aromatic heterocycles. The van der Waals surface area contributed by atoms with Gasteiger partial charge in [-0.1, -0.05) is 53.5 Å². The zero-order chi connectivity index (χ0) is 29.7. The molecule has 3 unspecified atom stereocenters. The van der Waals surface area contributed by atoms with Gasteiger partial charge in [0.1, 0.15) is 17.0 Å². The van der Waals surface area contributed by atoms with E-state index < -0.39 is 34.8 Å². The van der Waals surface area contributed by atoms with Gasteiger partial charge in [0, 0.05) is 33.1 Å². The highest BCUT2D eigenvalue weighted by atomic mass is 79.9. The van der Waals surface area contributed by atoms with Gasteiger partial charge in [0.05, 0.1) is 6.04 Å². The van der Waals surface area contributed by atoms with Gasteiger partial charge in [-0.2, -0.15) is 0 Å². The predicted molar refractivity (Wildman–Crippen MR) is 157 cm³/mol. The van der Waals surface area contributed by atoms with Crippen molar-refractivity contribution < 1.29 is 28.6 Å². The molecule has 7 nitrogen and oxygen atoms in total.